The number of benzene rings is 1. The van der Waals surface area contributed by atoms with Gasteiger partial charge in [-0.1, -0.05) is 28.1 Å². The van der Waals surface area contributed by atoms with Gasteiger partial charge in [0.1, 0.15) is 5.76 Å². The monoisotopic (exact) mass is 446 g/mol. The van der Waals surface area contributed by atoms with Crippen LogP contribution in [0.25, 0.3) is 0 Å². The third kappa shape index (κ3) is 6.71. The van der Waals surface area contributed by atoms with Crippen molar-refractivity contribution >= 4 is 27.8 Å². The van der Waals surface area contributed by atoms with E-state index in [4.69, 9.17) is 9.41 Å². The van der Waals surface area contributed by atoms with Gasteiger partial charge in [-0.2, -0.15) is 0 Å². The number of carbonyl (C=O) groups is 1. The SMILES string of the molecule is O=C1CCCN1CCCNC(=NCc1ccc(Br)cc1)NCCc1ccco1. The fourth-order valence-electron chi connectivity index (χ4n) is 3.11. The molecule has 0 atom stereocenters. The molecule has 0 unspecified atom stereocenters. The van der Waals surface area contributed by atoms with Crippen LogP contribution in [0.5, 0.6) is 0 Å². The minimum Gasteiger partial charge on any atom is -0.469 e. The number of likely N-dealkylation sites (tertiary alicyclic amines) is 1. The van der Waals surface area contributed by atoms with Crippen molar-refractivity contribution in [3.05, 3.63) is 58.5 Å². The van der Waals surface area contributed by atoms with Gasteiger partial charge in [0.25, 0.3) is 0 Å². The van der Waals surface area contributed by atoms with Crippen LogP contribution in [0.1, 0.15) is 30.6 Å². The lowest BCUT2D eigenvalue weighted by atomic mass is 10.2. The smallest absolute Gasteiger partial charge is 0.222 e. The van der Waals surface area contributed by atoms with Crippen molar-refractivity contribution in [3.8, 4) is 0 Å². The summed E-state index contributed by atoms with van der Waals surface area (Å²) in [6.45, 7) is 3.82. The molecule has 6 nitrogen and oxygen atoms in total. The summed E-state index contributed by atoms with van der Waals surface area (Å²) in [7, 11) is 0. The molecule has 1 aromatic carbocycles. The van der Waals surface area contributed by atoms with Crippen LogP contribution >= 0.6 is 15.9 Å². The van der Waals surface area contributed by atoms with Crippen molar-refractivity contribution in [1.82, 2.24) is 15.5 Å². The first-order chi connectivity index (χ1) is 13.7. The molecular formula is C21H27BrN4O2. The molecule has 1 amide bonds. The second-order valence-electron chi connectivity index (χ2n) is 6.81. The molecule has 7 heteroatoms. The fraction of sp³-hybridized carbons (Fsp3) is 0.429. The van der Waals surface area contributed by atoms with Gasteiger partial charge < -0.3 is 20.0 Å². The van der Waals surface area contributed by atoms with E-state index in [2.05, 4.69) is 38.7 Å². The molecule has 0 radical (unpaired) electrons. The molecule has 2 N–H and O–H groups in total. The molecule has 1 aliphatic rings. The lowest BCUT2D eigenvalue weighted by Crippen LogP contribution is -2.40. The summed E-state index contributed by atoms with van der Waals surface area (Å²) in [5.74, 6) is 2.01. The number of hydrogen-bond acceptors (Lipinski definition) is 3. The van der Waals surface area contributed by atoms with Crippen molar-refractivity contribution in [3.63, 3.8) is 0 Å². The number of halogens is 1. The Labute approximate surface area is 174 Å². The number of furan rings is 1. The van der Waals surface area contributed by atoms with Crippen LogP contribution in [0.4, 0.5) is 0 Å². The van der Waals surface area contributed by atoms with E-state index < -0.39 is 0 Å². The Hall–Kier alpha value is -2.28. The molecule has 1 aromatic heterocycles. The highest BCUT2D eigenvalue weighted by Gasteiger charge is 2.18. The number of carbonyl (C=O) groups excluding carboxylic acids is 1. The van der Waals surface area contributed by atoms with Crippen LogP contribution in [0, 0.1) is 0 Å². The molecule has 1 saturated heterocycles. The summed E-state index contributed by atoms with van der Waals surface area (Å²) in [6.07, 6.45) is 5.08. The lowest BCUT2D eigenvalue weighted by Gasteiger charge is -2.16. The number of guanidine groups is 1. The van der Waals surface area contributed by atoms with Crippen LogP contribution in [-0.4, -0.2) is 42.9 Å². The zero-order chi connectivity index (χ0) is 19.6. The molecule has 150 valence electrons. The molecule has 0 saturated carbocycles. The van der Waals surface area contributed by atoms with E-state index in [1.54, 1.807) is 6.26 Å². The molecule has 2 heterocycles. The maximum atomic E-state index is 11.7. The van der Waals surface area contributed by atoms with Crippen LogP contribution in [0.15, 0.2) is 56.5 Å². The normalized spacial score (nSPS) is 14.5. The quantitative estimate of drug-likeness (QED) is 0.352. The summed E-state index contributed by atoms with van der Waals surface area (Å²) >= 11 is 3.46. The first-order valence-electron chi connectivity index (χ1n) is 9.77. The van der Waals surface area contributed by atoms with Crippen molar-refractivity contribution in [2.45, 2.75) is 32.2 Å². The molecule has 28 heavy (non-hydrogen) atoms. The van der Waals surface area contributed by atoms with Gasteiger partial charge in [-0.15, -0.1) is 0 Å². The topological polar surface area (TPSA) is 69.9 Å². The van der Waals surface area contributed by atoms with E-state index in [9.17, 15) is 4.79 Å². The van der Waals surface area contributed by atoms with Crippen LogP contribution in [-0.2, 0) is 17.8 Å². The van der Waals surface area contributed by atoms with Gasteiger partial charge >= 0.3 is 0 Å². The highest BCUT2D eigenvalue weighted by atomic mass is 79.9. The zero-order valence-electron chi connectivity index (χ0n) is 16.0. The highest BCUT2D eigenvalue weighted by Crippen LogP contribution is 2.11. The Bertz CT molecular complexity index is 759. The number of amides is 1. The van der Waals surface area contributed by atoms with Gasteiger partial charge in [0, 0.05) is 43.5 Å². The Kier molecular flexibility index (Phi) is 7.96. The number of hydrogen-bond donors (Lipinski definition) is 2. The average Bonchev–Trinajstić information content (AvgIpc) is 3.36. The summed E-state index contributed by atoms with van der Waals surface area (Å²) in [4.78, 5) is 18.3. The molecule has 1 fully saturated rings. The number of nitrogens with zero attached hydrogens (tertiary/aromatic N) is 2. The van der Waals surface area contributed by atoms with E-state index in [1.807, 2.05) is 29.2 Å². The molecule has 0 spiro atoms. The van der Waals surface area contributed by atoms with Gasteiger partial charge in [0.2, 0.25) is 5.91 Å². The van der Waals surface area contributed by atoms with Crippen molar-refractivity contribution in [2.75, 3.05) is 26.2 Å². The van der Waals surface area contributed by atoms with Crippen LogP contribution in [0.2, 0.25) is 0 Å². The molecule has 0 bridgehead atoms. The largest absolute Gasteiger partial charge is 0.469 e. The van der Waals surface area contributed by atoms with Gasteiger partial charge in [0.15, 0.2) is 5.96 Å². The van der Waals surface area contributed by atoms with Crippen LogP contribution in [0.3, 0.4) is 0 Å². The van der Waals surface area contributed by atoms with Crippen molar-refractivity contribution in [2.24, 2.45) is 4.99 Å². The van der Waals surface area contributed by atoms with Gasteiger partial charge in [-0.3, -0.25) is 4.79 Å². The third-order valence-electron chi connectivity index (χ3n) is 4.65. The minimum absolute atomic E-state index is 0.278. The Morgan fingerprint density at radius 2 is 2.00 bits per heavy atom. The molecule has 0 aliphatic carbocycles. The molecule has 2 aromatic rings. The predicted octanol–water partition coefficient (Wildman–Crippen LogP) is 3.33. The molecular weight excluding hydrogens is 420 g/mol. The van der Waals surface area contributed by atoms with Gasteiger partial charge in [-0.05, 0) is 42.7 Å². The predicted molar refractivity (Wildman–Crippen MR) is 114 cm³/mol. The standard InChI is InChI=1S/C21H27BrN4O2/c22-18-8-6-17(7-9-18)16-25-21(24-12-10-19-4-2-15-28-19)23-11-3-14-26-13-1-5-20(26)27/h2,4,6-9,15H,1,3,5,10-14,16H2,(H2,23,24,25). The second-order valence-corrected chi connectivity index (χ2v) is 7.73. The number of rotatable bonds is 9. The fourth-order valence-corrected chi connectivity index (χ4v) is 3.37. The third-order valence-corrected chi connectivity index (χ3v) is 5.17. The van der Waals surface area contributed by atoms with Gasteiger partial charge in [0.05, 0.1) is 12.8 Å². The van der Waals surface area contributed by atoms with Crippen molar-refractivity contribution < 1.29 is 9.21 Å². The summed E-state index contributed by atoms with van der Waals surface area (Å²) in [6, 6.07) is 12.0. The average molecular weight is 447 g/mol. The molecule has 1 aliphatic heterocycles. The first-order valence-corrected chi connectivity index (χ1v) is 10.6. The van der Waals surface area contributed by atoms with E-state index in [-0.39, 0.29) is 5.91 Å². The highest BCUT2D eigenvalue weighted by molar-refractivity contribution is 9.10. The molecule has 3 rings (SSSR count). The number of nitrogens with one attached hydrogen (secondary N) is 2. The summed E-state index contributed by atoms with van der Waals surface area (Å²) < 4.78 is 6.44. The Morgan fingerprint density at radius 1 is 1.18 bits per heavy atom. The van der Waals surface area contributed by atoms with E-state index >= 15 is 0 Å². The van der Waals surface area contributed by atoms with Crippen LogP contribution < -0.4 is 10.6 Å². The zero-order valence-corrected chi connectivity index (χ0v) is 17.6. The second kappa shape index (κ2) is 10.9. The van der Waals surface area contributed by atoms with Gasteiger partial charge in [-0.25, -0.2) is 4.99 Å². The minimum atomic E-state index is 0.278. The number of aliphatic imine (C=N–C) groups is 1. The first kappa shape index (κ1) is 20.5. The summed E-state index contributed by atoms with van der Waals surface area (Å²) in [5.41, 5.74) is 1.15. The lowest BCUT2D eigenvalue weighted by molar-refractivity contribution is -0.127. The Balaban J connectivity index is 1.48. The maximum absolute atomic E-state index is 11.7. The van der Waals surface area contributed by atoms with E-state index in [1.165, 1.54) is 0 Å². The van der Waals surface area contributed by atoms with Crippen molar-refractivity contribution in [1.29, 1.82) is 0 Å². The summed E-state index contributed by atoms with van der Waals surface area (Å²) in [5, 5.41) is 6.75. The Morgan fingerprint density at radius 3 is 2.71 bits per heavy atom. The van der Waals surface area contributed by atoms with E-state index in [0.29, 0.717) is 13.0 Å². The maximum Gasteiger partial charge on any atom is 0.222 e. The van der Waals surface area contributed by atoms with E-state index in [0.717, 1.165) is 67.2 Å².